The third-order valence-electron chi connectivity index (χ3n) is 5.51. The molecule has 1 N–H and O–H groups in total. The van der Waals surface area contributed by atoms with Gasteiger partial charge in [0, 0.05) is 43.7 Å². The van der Waals surface area contributed by atoms with Crippen molar-refractivity contribution in [2.24, 2.45) is 5.92 Å². The molecule has 1 fully saturated rings. The van der Waals surface area contributed by atoms with E-state index in [1.807, 2.05) is 0 Å². The molecule has 2 aromatic carbocycles. The van der Waals surface area contributed by atoms with E-state index in [9.17, 15) is 14.0 Å². The number of anilines is 1. The normalized spacial score (nSPS) is 17.6. The van der Waals surface area contributed by atoms with Crippen LogP contribution in [0.25, 0.3) is 0 Å². The second kappa shape index (κ2) is 9.15. The van der Waals surface area contributed by atoms with Crippen molar-refractivity contribution in [1.29, 1.82) is 0 Å². The minimum atomic E-state index is -0.243. The highest BCUT2D eigenvalue weighted by Gasteiger charge is 2.23. The predicted octanol–water partition coefficient (Wildman–Crippen LogP) is 3.20. The average Bonchev–Trinajstić information content (AvgIpc) is 3.25. The maximum Gasteiger partial charge on any atom is 0.220 e. The molecule has 1 amide bonds. The number of benzene rings is 2. The Morgan fingerprint density at radius 1 is 1.03 bits per heavy atom. The maximum atomic E-state index is 13.1. The third kappa shape index (κ3) is 4.90. The van der Waals surface area contributed by atoms with Gasteiger partial charge in [-0.1, -0.05) is 0 Å². The molecule has 4 rings (SSSR count). The van der Waals surface area contributed by atoms with Gasteiger partial charge in [0.05, 0.1) is 0 Å². The average molecular weight is 412 g/mol. The van der Waals surface area contributed by atoms with E-state index < -0.39 is 0 Å². The van der Waals surface area contributed by atoms with E-state index in [1.54, 1.807) is 30.3 Å². The monoisotopic (exact) mass is 412 g/mol. The summed E-state index contributed by atoms with van der Waals surface area (Å²) in [6.45, 7) is 3.25. The molecule has 2 aliphatic heterocycles. The van der Waals surface area contributed by atoms with Crippen LogP contribution in [-0.4, -0.2) is 44.5 Å². The lowest BCUT2D eigenvalue weighted by Gasteiger charge is -2.19. The van der Waals surface area contributed by atoms with E-state index in [1.165, 1.54) is 12.1 Å². The van der Waals surface area contributed by atoms with Crippen LogP contribution in [0.5, 0.6) is 11.5 Å². The summed E-state index contributed by atoms with van der Waals surface area (Å²) in [4.78, 5) is 26.8. The van der Waals surface area contributed by atoms with E-state index in [4.69, 9.17) is 9.47 Å². The molecule has 6 nitrogen and oxygen atoms in total. The van der Waals surface area contributed by atoms with E-state index in [2.05, 4.69) is 10.2 Å². The summed E-state index contributed by atoms with van der Waals surface area (Å²) >= 11 is 0. The highest BCUT2D eigenvalue weighted by atomic mass is 19.1. The van der Waals surface area contributed by atoms with Crippen molar-refractivity contribution in [3.63, 3.8) is 0 Å². The molecule has 0 radical (unpaired) electrons. The lowest BCUT2D eigenvalue weighted by Crippen LogP contribution is -2.31. The molecule has 7 heteroatoms. The van der Waals surface area contributed by atoms with Crippen molar-refractivity contribution < 1.29 is 23.5 Å². The molecule has 0 bridgehead atoms. The van der Waals surface area contributed by atoms with E-state index in [0.717, 1.165) is 25.2 Å². The van der Waals surface area contributed by atoms with Crippen LogP contribution in [0.4, 0.5) is 10.1 Å². The summed E-state index contributed by atoms with van der Waals surface area (Å²) in [7, 11) is 0. The van der Waals surface area contributed by atoms with Gasteiger partial charge in [0.15, 0.2) is 17.3 Å². The van der Waals surface area contributed by atoms with Crippen molar-refractivity contribution in [3.05, 3.63) is 53.8 Å². The predicted molar refractivity (Wildman–Crippen MR) is 111 cm³/mol. The zero-order valence-corrected chi connectivity index (χ0v) is 16.7. The van der Waals surface area contributed by atoms with Gasteiger partial charge in [0.1, 0.15) is 19.0 Å². The van der Waals surface area contributed by atoms with E-state index in [0.29, 0.717) is 42.7 Å². The fraction of sp³-hybridized carbons (Fsp3) is 0.391. The van der Waals surface area contributed by atoms with E-state index in [-0.39, 0.29) is 30.3 Å². The Labute approximate surface area is 175 Å². The van der Waals surface area contributed by atoms with Crippen LogP contribution in [0.15, 0.2) is 42.5 Å². The minimum Gasteiger partial charge on any atom is -0.486 e. The Hall–Kier alpha value is -3.09. The Kier molecular flexibility index (Phi) is 6.16. The fourth-order valence-electron chi connectivity index (χ4n) is 3.82. The summed E-state index contributed by atoms with van der Waals surface area (Å²) in [5.74, 6) is 1.09. The molecule has 1 saturated heterocycles. The number of halogens is 1. The highest BCUT2D eigenvalue weighted by molar-refractivity contribution is 5.98. The number of carbonyl (C=O) groups excluding carboxylic acids is 2. The molecule has 1 atom stereocenters. The van der Waals surface area contributed by atoms with Crippen molar-refractivity contribution >= 4 is 17.4 Å². The smallest absolute Gasteiger partial charge is 0.220 e. The number of ether oxygens (including phenoxy) is 2. The molecule has 0 spiro atoms. The van der Waals surface area contributed by atoms with Crippen LogP contribution in [0.2, 0.25) is 0 Å². The van der Waals surface area contributed by atoms with Gasteiger partial charge in [0.2, 0.25) is 5.91 Å². The molecule has 158 valence electrons. The zero-order chi connectivity index (χ0) is 20.9. The number of hydrogen-bond acceptors (Lipinski definition) is 5. The standard InChI is InChI=1S/C23H25FN2O4/c24-18-2-4-19(5-3-18)26-10-9-16(15-26)14-25-23(28)8-6-20(27)17-1-7-21-22(13-17)30-12-11-29-21/h1-5,7,13,16H,6,8-12,14-15H2,(H,25,28). The molecule has 0 aliphatic carbocycles. The van der Waals surface area contributed by atoms with Crippen LogP contribution in [-0.2, 0) is 4.79 Å². The number of rotatable bonds is 7. The number of fused-ring (bicyclic) bond motifs is 1. The molecule has 2 heterocycles. The SMILES string of the molecule is O=C(CCC(=O)c1ccc2c(c1)OCCO2)NCC1CCN(c2ccc(F)cc2)C1. The number of hydrogen-bond donors (Lipinski definition) is 1. The summed E-state index contributed by atoms with van der Waals surface area (Å²) in [5, 5.41) is 2.94. The number of Topliss-reactive ketones (excluding diaryl/α,β-unsaturated/α-hetero) is 1. The molecule has 2 aromatic rings. The van der Waals surface area contributed by atoms with Gasteiger partial charge in [-0.05, 0) is 54.8 Å². The van der Waals surface area contributed by atoms with Gasteiger partial charge < -0.3 is 19.7 Å². The Morgan fingerprint density at radius 2 is 1.80 bits per heavy atom. The van der Waals surface area contributed by atoms with Gasteiger partial charge in [-0.2, -0.15) is 0 Å². The van der Waals surface area contributed by atoms with Crippen molar-refractivity contribution in [2.45, 2.75) is 19.3 Å². The second-order valence-electron chi connectivity index (χ2n) is 7.66. The highest BCUT2D eigenvalue weighted by Crippen LogP contribution is 2.31. The first kappa shape index (κ1) is 20.2. The summed E-state index contributed by atoms with van der Waals surface area (Å²) in [5.41, 5.74) is 1.52. The number of carbonyl (C=O) groups is 2. The van der Waals surface area contributed by atoms with Gasteiger partial charge in [0.25, 0.3) is 0 Å². The lowest BCUT2D eigenvalue weighted by atomic mass is 10.1. The molecule has 0 aromatic heterocycles. The van der Waals surface area contributed by atoms with Crippen molar-refractivity contribution in [2.75, 3.05) is 37.7 Å². The van der Waals surface area contributed by atoms with Crippen LogP contribution < -0.4 is 19.7 Å². The summed E-state index contributed by atoms with van der Waals surface area (Å²) in [6.07, 6.45) is 1.27. The molecule has 1 unspecified atom stereocenters. The Morgan fingerprint density at radius 3 is 2.60 bits per heavy atom. The van der Waals surface area contributed by atoms with Crippen LogP contribution >= 0.6 is 0 Å². The topological polar surface area (TPSA) is 67.9 Å². The van der Waals surface area contributed by atoms with Crippen molar-refractivity contribution in [3.8, 4) is 11.5 Å². The molecular weight excluding hydrogens is 387 g/mol. The van der Waals surface area contributed by atoms with Crippen LogP contribution in [0.3, 0.4) is 0 Å². The first-order chi connectivity index (χ1) is 14.6. The van der Waals surface area contributed by atoms with Gasteiger partial charge in [-0.15, -0.1) is 0 Å². The zero-order valence-electron chi connectivity index (χ0n) is 16.7. The molecule has 0 saturated carbocycles. The minimum absolute atomic E-state index is 0.0922. The number of nitrogens with one attached hydrogen (secondary N) is 1. The Balaban J connectivity index is 1.20. The van der Waals surface area contributed by atoms with Gasteiger partial charge in [-0.3, -0.25) is 9.59 Å². The number of nitrogens with zero attached hydrogens (tertiary/aromatic N) is 1. The lowest BCUT2D eigenvalue weighted by molar-refractivity contribution is -0.121. The first-order valence-electron chi connectivity index (χ1n) is 10.3. The molecular formula is C23H25FN2O4. The quantitative estimate of drug-likeness (QED) is 0.708. The van der Waals surface area contributed by atoms with Crippen molar-refractivity contribution in [1.82, 2.24) is 5.32 Å². The second-order valence-corrected chi connectivity index (χ2v) is 7.66. The molecule has 30 heavy (non-hydrogen) atoms. The Bertz CT molecular complexity index is 916. The fourth-order valence-corrected chi connectivity index (χ4v) is 3.82. The summed E-state index contributed by atoms with van der Waals surface area (Å²) < 4.78 is 24.0. The van der Waals surface area contributed by atoms with Gasteiger partial charge in [-0.25, -0.2) is 4.39 Å². The van der Waals surface area contributed by atoms with Crippen LogP contribution in [0, 0.1) is 11.7 Å². The maximum absolute atomic E-state index is 13.1. The van der Waals surface area contributed by atoms with Gasteiger partial charge >= 0.3 is 0 Å². The largest absolute Gasteiger partial charge is 0.486 e. The van der Waals surface area contributed by atoms with Crippen LogP contribution in [0.1, 0.15) is 29.6 Å². The summed E-state index contributed by atoms with van der Waals surface area (Å²) in [6, 6.07) is 11.6. The first-order valence-corrected chi connectivity index (χ1v) is 10.3. The number of ketones is 1. The third-order valence-corrected chi connectivity index (χ3v) is 5.51. The number of amides is 1. The van der Waals surface area contributed by atoms with E-state index >= 15 is 0 Å². The molecule has 2 aliphatic rings.